The lowest BCUT2D eigenvalue weighted by atomic mass is 9.99. The Morgan fingerprint density at radius 3 is 2.94 bits per heavy atom. The van der Waals surface area contributed by atoms with Crippen molar-refractivity contribution in [1.82, 2.24) is 0 Å². The highest BCUT2D eigenvalue weighted by Gasteiger charge is 2.16. The van der Waals surface area contributed by atoms with Gasteiger partial charge in [0.15, 0.2) is 5.78 Å². The Morgan fingerprint density at radius 1 is 1.38 bits per heavy atom. The van der Waals surface area contributed by atoms with Gasteiger partial charge >= 0.3 is 0 Å². The highest BCUT2D eigenvalue weighted by Crippen LogP contribution is 2.24. The first-order valence-electron chi connectivity index (χ1n) is 5.22. The highest BCUT2D eigenvalue weighted by atomic mass is 79.9. The van der Waals surface area contributed by atoms with Crippen LogP contribution in [0.5, 0.6) is 0 Å². The number of anilines is 1. The van der Waals surface area contributed by atoms with Gasteiger partial charge in [0.1, 0.15) is 0 Å². The van der Waals surface area contributed by atoms with Crippen LogP contribution < -0.4 is 5.32 Å². The molecule has 1 aliphatic rings. The fourth-order valence-corrected chi connectivity index (χ4v) is 2.14. The van der Waals surface area contributed by atoms with Gasteiger partial charge in [0.25, 0.3) is 0 Å². The Balaban J connectivity index is 2.27. The van der Waals surface area contributed by atoms with Crippen LogP contribution in [0.15, 0.2) is 18.2 Å². The van der Waals surface area contributed by atoms with Gasteiger partial charge in [-0.05, 0) is 18.1 Å². The lowest BCUT2D eigenvalue weighted by Crippen LogP contribution is -2.19. The third-order valence-corrected chi connectivity index (χ3v) is 3.05. The second-order valence-electron chi connectivity index (χ2n) is 3.78. The fraction of sp³-hybridized carbons (Fsp3) is 0.333. The molecular weight excluding hydrogens is 270 g/mol. The molecule has 1 aliphatic heterocycles. The minimum absolute atomic E-state index is 0.0255. The molecule has 1 amide bonds. The van der Waals surface area contributed by atoms with Gasteiger partial charge in [0.05, 0.1) is 0 Å². The Kier molecular flexibility index (Phi) is 3.39. The second-order valence-corrected chi connectivity index (χ2v) is 4.58. The average molecular weight is 282 g/mol. The van der Waals surface area contributed by atoms with E-state index < -0.39 is 0 Å². The van der Waals surface area contributed by atoms with E-state index >= 15 is 0 Å². The number of halogens is 1. The summed E-state index contributed by atoms with van der Waals surface area (Å²) in [7, 11) is 0. The minimum Gasteiger partial charge on any atom is -0.326 e. The zero-order chi connectivity index (χ0) is 11.5. The van der Waals surface area contributed by atoms with E-state index in [1.54, 1.807) is 6.07 Å². The van der Waals surface area contributed by atoms with Crippen LogP contribution >= 0.6 is 15.9 Å². The van der Waals surface area contributed by atoms with Crippen LogP contribution in [0.3, 0.4) is 0 Å². The molecule has 0 aromatic heterocycles. The number of carbonyl (C=O) groups excluding carboxylic acids is 2. The molecule has 16 heavy (non-hydrogen) atoms. The highest BCUT2D eigenvalue weighted by molar-refractivity contribution is 9.09. The van der Waals surface area contributed by atoms with Crippen LogP contribution in [0.25, 0.3) is 0 Å². The number of aryl methyl sites for hydroxylation is 1. The molecule has 1 N–H and O–H groups in total. The summed E-state index contributed by atoms with van der Waals surface area (Å²) < 4.78 is 0. The normalized spacial score (nSPS) is 14.2. The summed E-state index contributed by atoms with van der Waals surface area (Å²) in [6.07, 6.45) is 1.77. The van der Waals surface area contributed by atoms with Gasteiger partial charge in [0, 0.05) is 29.4 Å². The van der Waals surface area contributed by atoms with Crippen molar-refractivity contribution in [1.29, 1.82) is 0 Å². The molecule has 0 saturated carbocycles. The zero-order valence-corrected chi connectivity index (χ0v) is 10.3. The third-order valence-electron chi connectivity index (χ3n) is 2.65. The van der Waals surface area contributed by atoms with Gasteiger partial charge in [-0.15, -0.1) is 0 Å². The first-order chi connectivity index (χ1) is 7.70. The molecule has 0 unspecified atom stereocenters. The number of rotatable bonds is 3. The number of carbonyl (C=O) groups is 2. The average Bonchev–Trinajstić information content (AvgIpc) is 2.28. The standard InChI is InChI=1S/C12H12BrNO2/c13-6-5-11(15)9-2-1-8-3-4-12(16)14-10(8)7-9/h1-2,7H,3-6H2,(H,14,16). The number of nitrogens with one attached hydrogen (secondary N) is 1. The second kappa shape index (κ2) is 4.78. The van der Waals surface area contributed by atoms with Crippen LogP contribution in [0.1, 0.15) is 28.8 Å². The largest absolute Gasteiger partial charge is 0.326 e. The van der Waals surface area contributed by atoms with Crippen molar-refractivity contribution >= 4 is 33.3 Å². The maximum Gasteiger partial charge on any atom is 0.224 e. The van der Waals surface area contributed by atoms with Crippen LogP contribution in [0.4, 0.5) is 5.69 Å². The number of benzene rings is 1. The third kappa shape index (κ3) is 2.32. The maximum absolute atomic E-state index is 11.7. The van der Waals surface area contributed by atoms with Gasteiger partial charge in [0.2, 0.25) is 5.91 Å². The summed E-state index contributed by atoms with van der Waals surface area (Å²) in [6.45, 7) is 0. The summed E-state index contributed by atoms with van der Waals surface area (Å²) >= 11 is 3.24. The van der Waals surface area contributed by atoms with Gasteiger partial charge in [-0.3, -0.25) is 9.59 Å². The molecule has 0 fully saturated rings. The number of fused-ring (bicyclic) bond motifs is 1. The zero-order valence-electron chi connectivity index (χ0n) is 8.75. The van der Waals surface area contributed by atoms with Crippen LogP contribution in [-0.2, 0) is 11.2 Å². The molecule has 0 spiro atoms. The van der Waals surface area contributed by atoms with E-state index in [2.05, 4.69) is 21.2 Å². The van der Waals surface area contributed by atoms with Crippen LogP contribution in [0, 0.1) is 0 Å². The number of hydrogen-bond donors (Lipinski definition) is 1. The number of hydrogen-bond acceptors (Lipinski definition) is 2. The summed E-state index contributed by atoms with van der Waals surface area (Å²) in [6, 6.07) is 5.54. The predicted molar refractivity (Wildman–Crippen MR) is 66.1 cm³/mol. The van der Waals surface area contributed by atoms with E-state index in [0.29, 0.717) is 23.7 Å². The lowest BCUT2D eigenvalue weighted by molar-refractivity contribution is -0.116. The molecule has 2 rings (SSSR count). The Morgan fingerprint density at radius 2 is 2.19 bits per heavy atom. The quantitative estimate of drug-likeness (QED) is 0.684. The lowest BCUT2D eigenvalue weighted by Gasteiger charge is -2.17. The van der Waals surface area contributed by atoms with Gasteiger partial charge < -0.3 is 5.32 Å². The van der Waals surface area contributed by atoms with Gasteiger partial charge in [-0.2, -0.15) is 0 Å². The van der Waals surface area contributed by atoms with Gasteiger partial charge in [-0.25, -0.2) is 0 Å². The molecule has 84 valence electrons. The topological polar surface area (TPSA) is 46.2 Å². The van der Waals surface area contributed by atoms with E-state index in [1.807, 2.05) is 12.1 Å². The Labute approximate surface area is 102 Å². The first-order valence-corrected chi connectivity index (χ1v) is 6.35. The minimum atomic E-state index is 0.0255. The molecular formula is C12H12BrNO2. The SMILES string of the molecule is O=C1CCc2ccc(C(=O)CCBr)cc2N1. The number of ketones is 1. The van der Waals surface area contributed by atoms with Crippen LogP contribution in [0.2, 0.25) is 0 Å². The molecule has 0 radical (unpaired) electrons. The van der Waals surface area contributed by atoms with Crippen molar-refractivity contribution in [3.63, 3.8) is 0 Å². The molecule has 0 bridgehead atoms. The van der Waals surface area contributed by atoms with Crippen molar-refractivity contribution < 1.29 is 9.59 Å². The smallest absolute Gasteiger partial charge is 0.224 e. The summed E-state index contributed by atoms with van der Waals surface area (Å²) in [5, 5.41) is 3.46. The maximum atomic E-state index is 11.7. The molecule has 1 heterocycles. The van der Waals surface area contributed by atoms with E-state index in [9.17, 15) is 9.59 Å². The van der Waals surface area contributed by atoms with Crippen molar-refractivity contribution in [3.8, 4) is 0 Å². The molecule has 3 nitrogen and oxygen atoms in total. The molecule has 0 saturated heterocycles. The summed E-state index contributed by atoms with van der Waals surface area (Å²) in [5.41, 5.74) is 2.56. The van der Waals surface area contributed by atoms with Crippen molar-refractivity contribution in [2.45, 2.75) is 19.3 Å². The van der Waals surface area contributed by atoms with E-state index in [-0.39, 0.29) is 11.7 Å². The molecule has 1 aromatic rings. The molecule has 1 aromatic carbocycles. The van der Waals surface area contributed by atoms with E-state index in [1.165, 1.54) is 0 Å². The molecule has 0 aliphatic carbocycles. The Bertz CT molecular complexity index is 443. The molecule has 0 atom stereocenters. The fourth-order valence-electron chi connectivity index (χ4n) is 1.78. The first kappa shape index (κ1) is 11.3. The van der Waals surface area contributed by atoms with E-state index in [0.717, 1.165) is 17.7 Å². The monoisotopic (exact) mass is 281 g/mol. The molecule has 4 heteroatoms. The number of Topliss-reactive ketones (excluding diaryl/α,β-unsaturated/α-hetero) is 1. The van der Waals surface area contributed by atoms with Crippen molar-refractivity contribution in [2.24, 2.45) is 0 Å². The van der Waals surface area contributed by atoms with Crippen molar-refractivity contribution in [3.05, 3.63) is 29.3 Å². The predicted octanol–water partition coefficient (Wildman–Crippen LogP) is 2.54. The number of amides is 1. The van der Waals surface area contributed by atoms with Crippen LogP contribution in [-0.4, -0.2) is 17.0 Å². The summed E-state index contributed by atoms with van der Waals surface area (Å²) in [5.74, 6) is 0.122. The van der Waals surface area contributed by atoms with Crippen molar-refractivity contribution in [2.75, 3.05) is 10.6 Å². The van der Waals surface area contributed by atoms with Gasteiger partial charge in [-0.1, -0.05) is 28.1 Å². The Hall–Kier alpha value is -1.16. The number of alkyl halides is 1. The van der Waals surface area contributed by atoms with E-state index in [4.69, 9.17) is 0 Å². The summed E-state index contributed by atoms with van der Waals surface area (Å²) in [4.78, 5) is 22.9.